The van der Waals surface area contributed by atoms with E-state index < -0.39 is 0 Å². The van der Waals surface area contributed by atoms with Gasteiger partial charge in [-0.1, -0.05) is 30.3 Å². The molecule has 0 aliphatic carbocycles. The van der Waals surface area contributed by atoms with Gasteiger partial charge in [0.2, 0.25) is 5.91 Å². The highest BCUT2D eigenvalue weighted by molar-refractivity contribution is 5.95. The molecule has 1 unspecified atom stereocenters. The van der Waals surface area contributed by atoms with Crippen molar-refractivity contribution in [3.63, 3.8) is 0 Å². The minimum absolute atomic E-state index is 0.0691. The fourth-order valence-corrected chi connectivity index (χ4v) is 3.60. The molecule has 0 bridgehead atoms. The van der Waals surface area contributed by atoms with Gasteiger partial charge in [-0.2, -0.15) is 0 Å². The van der Waals surface area contributed by atoms with Gasteiger partial charge < -0.3 is 4.90 Å². The molecule has 1 aromatic heterocycles. The van der Waals surface area contributed by atoms with Gasteiger partial charge in [-0.3, -0.25) is 9.78 Å². The lowest BCUT2D eigenvalue weighted by atomic mass is 9.93. The number of benzene rings is 2. The van der Waals surface area contributed by atoms with E-state index in [4.69, 9.17) is 0 Å². The number of carbonyl (C=O) groups excluding carboxylic acids is 1. The van der Waals surface area contributed by atoms with Crippen molar-refractivity contribution < 1.29 is 9.18 Å². The van der Waals surface area contributed by atoms with Gasteiger partial charge in [0.05, 0.1) is 11.6 Å². The third-order valence-corrected chi connectivity index (χ3v) is 5.00. The molecule has 26 heavy (non-hydrogen) atoms. The Kier molecular flexibility index (Phi) is 4.25. The first-order valence-electron chi connectivity index (χ1n) is 8.74. The third kappa shape index (κ3) is 2.99. The van der Waals surface area contributed by atoms with Crippen molar-refractivity contribution in [3.8, 4) is 0 Å². The SMILES string of the molecule is CC1c2cc(F)ccc2CCN1C(=O)/C=C/c1cccc2cccnc12. The first kappa shape index (κ1) is 16.5. The molecular weight excluding hydrogens is 327 g/mol. The molecule has 1 aliphatic heterocycles. The molecule has 4 heteroatoms. The quantitative estimate of drug-likeness (QED) is 0.639. The van der Waals surface area contributed by atoms with Crippen LogP contribution in [0.4, 0.5) is 4.39 Å². The molecule has 0 spiro atoms. The van der Waals surface area contributed by atoms with Crippen LogP contribution in [-0.2, 0) is 11.2 Å². The monoisotopic (exact) mass is 346 g/mol. The highest BCUT2D eigenvalue weighted by Crippen LogP contribution is 2.30. The van der Waals surface area contributed by atoms with Crippen LogP contribution in [-0.4, -0.2) is 22.3 Å². The molecule has 3 nitrogen and oxygen atoms in total. The van der Waals surface area contributed by atoms with Crippen molar-refractivity contribution in [1.82, 2.24) is 9.88 Å². The second kappa shape index (κ2) is 6.71. The standard InChI is InChI=1S/C22H19FN2O/c1-15-20-14-19(23)9-7-16(20)11-13-25(15)21(26)10-8-18-5-2-4-17-6-3-12-24-22(17)18/h2-10,12,14-15H,11,13H2,1H3/b10-8+. The number of carbonyl (C=O) groups is 1. The zero-order chi connectivity index (χ0) is 18.1. The first-order valence-corrected chi connectivity index (χ1v) is 8.74. The number of hydrogen-bond acceptors (Lipinski definition) is 2. The molecule has 1 atom stereocenters. The summed E-state index contributed by atoms with van der Waals surface area (Å²) < 4.78 is 13.6. The van der Waals surface area contributed by atoms with E-state index in [1.165, 1.54) is 12.1 Å². The van der Waals surface area contributed by atoms with Crippen LogP contribution in [0.15, 0.2) is 60.8 Å². The molecule has 0 N–H and O–H groups in total. The highest BCUT2D eigenvalue weighted by Gasteiger charge is 2.26. The molecule has 1 aliphatic rings. The van der Waals surface area contributed by atoms with Gasteiger partial charge in [-0.15, -0.1) is 0 Å². The van der Waals surface area contributed by atoms with Crippen molar-refractivity contribution in [1.29, 1.82) is 0 Å². The summed E-state index contributed by atoms with van der Waals surface area (Å²) in [5.74, 6) is -0.331. The maximum atomic E-state index is 13.6. The van der Waals surface area contributed by atoms with E-state index in [-0.39, 0.29) is 17.8 Å². The van der Waals surface area contributed by atoms with Crippen molar-refractivity contribution in [3.05, 3.63) is 83.3 Å². The topological polar surface area (TPSA) is 33.2 Å². The summed E-state index contributed by atoms with van der Waals surface area (Å²) in [6, 6.07) is 14.5. The predicted molar refractivity (Wildman–Crippen MR) is 101 cm³/mol. The maximum absolute atomic E-state index is 13.6. The Balaban J connectivity index is 1.59. The van der Waals surface area contributed by atoms with Gasteiger partial charge >= 0.3 is 0 Å². The summed E-state index contributed by atoms with van der Waals surface area (Å²) in [6.07, 6.45) is 5.89. The molecule has 2 aromatic carbocycles. The maximum Gasteiger partial charge on any atom is 0.247 e. The van der Waals surface area contributed by atoms with Crippen LogP contribution in [0.5, 0.6) is 0 Å². The zero-order valence-corrected chi connectivity index (χ0v) is 14.5. The highest BCUT2D eigenvalue weighted by atomic mass is 19.1. The van der Waals surface area contributed by atoms with E-state index in [0.717, 1.165) is 34.0 Å². The number of aromatic nitrogens is 1. The molecule has 3 aromatic rings. The van der Waals surface area contributed by atoms with E-state index in [1.54, 1.807) is 17.2 Å². The van der Waals surface area contributed by atoms with Crippen LogP contribution in [0, 0.1) is 5.82 Å². The van der Waals surface area contributed by atoms with Gasteiger partial charge in [-0.25, -0.2) is 4.39 Å². The largest absolute Gasteiger partial charge is 0.332 e. The number of hydrogen-bond donors (Lipinski definition) is 0. The van der Waals surface area contributed by atoms with Gasteiger partial charge in [0.1, 0.15) is 5.82 Å². The van der Waals surface area contributed by atoms with Gasteiger partial charge in [0, 0.05) is 29.8 Å². The first-order chi connectivity index (χ1) is 12.6. The normalized spacial score (nSPS) is 16.8. The lowest BCUT2D eigenvalue weighted by Gasteiger charge is -2.34. The number of rotatable bonds is 2. The lowest BCUT2D eigenvalue weighted by Crippen LogP contribution is -2.37. The van der Waals surface area contributed by atoms with Gasteiger partial charge in [0.25, 0.3) is 0 Å². The summed E-state index contributed by atoms with van der Waals surface area (Å²) in [5.41, 5.74) is 3.79. The van der Waals surface area contributed by atoms with Crippen LogP contribution in [0.1, 0.15) is 29.7 Å². The molecular formula is C22H19FN2O. The molecule has 4 rings (SSSR count). The van der Waals surface area contributed by atoms with Crippen LogP contribution in [0.2, 0.25) is 0 Å². The van der Waals surface area contributed by atoms with Gasteiger partial charge in [0.15, 0.2) is 0 Å². The molecule has 1 amide bonds. The van der Waals surface area contributed by atoms with Gasteiger partial charge in [-0.05, 0) is 48.7 Å². The molecule has 0 saturated carbocycles. The van der Waals surface area contributed by atoms with E-state index >= 15 is 0 Å². The number of nitrogens with zero attached hydrogens (tertiary/aromatic N) is 2. The van der Waals surface area contributed by atoms with Crippen molar-refractivity contribution in [2.24, 2.45) is 0 Å². The van der Waals surface area contributed by atoms with Crippen LogP contribution < -0.4 is 0 Å². The number of para-hydroxylation sites is 1. The van der Waals surface area contributed by atoms with Crippen LogP contribution >= 0.6 is 0 Å². The molecule has 0 radical (unpaired) electrons. The molecule has 0 saturated heterocycles. The average Bonchev–Trinajstić information content (AvgIpc) is 2.67. The van der Waals surface area contributed by atoms with Crippen molar-refractivity contribution in [2.75, 3.05) is 6.54 Å². The molecule has 130 valence electrons. The number of fused-ring (bicyclic) bond motifs is 2. The van der Waals surface area contributed by atoms with Crippen molar-refractivity contribution in [2.45, 2.75) is 19.4 Å². The number of pyridine rings is 1. The summed E-state index contributed by atoms with van der Waals surface area (Å²) in [4.78, 5) is 18.9. The number of amides is 1. The van der Waals surface area contributed by atoms with E-state index in [0.29, 0.717) is 6.54 Å². The van der Waals surface area contributed by atoms with E-state index in [1.807, 2.05) is 49.4 Å². The Labute approximate surface area is 151 Å². The Morgan fingerprint density at radius 2 is 2.08 bits per heavy atom. The second-order valence-electron chi connectivity index (χ2n) is 6.56. The second-order valence-corrected chi connectivity index (χ2v) is 6.56. The summed E-state index contributed by atoms with van der Waals surface area (Å²) in [6.45, 7) is 2.58. The lowest BCUT2D eigenvalue weighted by molar-refractivity contribution is -0.128. The third-order valence-electron chi connectivity index (χ3n) is 5.00. The van der Waals surface area contributed by atoms with E-state index in [2.05, 4.69) is 4.98 Å². The average molecular weight is 346 g/mol. The molecule has 0 fully saturated rings. The minimum Gasteiger partial charge on any atom is -0.332 e. The predicted octanol–water partition coefficient (Wildman–Crippen LogP) is 4.53. The Morgan fingerprint density at radius 3 is 2.96 bits per heavy atom. The fourth-order valence-electron chi connectivity index (χ4n) is 3.60. The zero-order valence-electron chi connectivity index (χ0n) is 14.5. The number of halogens is 1. The summed E-state index contributed by atoms with van der Waals surface area (Å²) in [5, 5.41) is 1.04. The van der Waals surface area contributed by atoms with Crippen molar-refractivity contribution >= 4 is 22.9 Å². The Hall–Kier alpha value is -3.01. The molecule has 2 heterocycles. The Bertz CT molecular complexity index is 1010. The summed E-state index contributed by atoms with van der Waals surface area (Å²) in [7, 11) is 0. The van der Waals surface area contributed by atoms with E-state index in [9.17, 15) is 9.18 Å². The fraction of sp³-hybridized carbons (Fsp3) is 0.182. The smallest absolute Gasteiger partial charge is 0.247 e. The van der Waals surface area contributed by atoms with Crippen LogP contribution in [0.3, 0.4) is 0 Å². The Morgan fingerprint density at radius 1 is 1.23 bits per heavy atom. The summed E-state index contributed by atoms with van der Waals surface area (Å²) >= 11 is 0. The van der Waals surface area contributed by atoms with Crippen LogP contribution in [0.25, 0.3) is 17.0 Å². The minimum atomic E-state index is -0.262.